The summed E-state index contributed by atoms with van der Waals surface area (Å²) < 4.78 is 1.55. The molecule has 0 aliphatic rings. The minimum Gasteiger partial charge on any atom is -0.340 e. The number of nitrogens with two attached hydrogens (primary N) is 1. The van der Waals surface area contributed by atoms with E-state index < -0.39 is 0 Å². The van der Waals surface area contributed by atoms with Crippen LogP contribution in [0.15, 0.2) is 24.1 Å². The fourth-order valence-corrected chi connectivity index (χ4v) is 2.63. The van der Waals surface area contributed by atoms with E-state index in [1.54, 1.807) is 41.2 Å². The normalized spacial score (nSPS) is 11.6. The van der Waals surface area contributed by atoms with Gasteiger partial charge in [-0.05, 0) is 23.9 Å². The number of amides is 1. The maximum atomic E-state index is 12.3. The summed E-state index contributed by atoms with van der Waals surface area (Å²) in [6, 6.07) is 1.62. The predicted octanol–water partition coefficient (Wildman–Crippen LogP) is 0.869. The summed E-state index contributed by atoms with van der Waals surface area (Å²) in [6.07, 6.45) is 2.96. The van der Waals surface area contributed by atoms with Crippen molar-refractivity contribution < 1.29 is 4.79 Å². The van der Waals surface area contributed by atoms with Crippen LogP contribution in [-0.4, -0.2) is 39.2 Å². The molecule has 0 bridgehead atoms. The lowest BCUT2D eigenvalue weighted by molar-refractivity contribution is -0.133. The first-order valence-corrected chi connectivity index (χ1v) is 7.35. The average molecular weight is 303 g/mol. The van der Waals surface area contributed by atoms with E-state index in [0.717, 1.165) is 10.4 Å². The van der Waals surface area contributed by atoms with Crippen molar-refractivity contribution in [2.75, 3.05) is 13.6 Å². The van der Waals surface area contributed by atoms with Crippen LogP contribution in [0.5, 0.6) is 0 Å². The lowest BCUT2D eigenvalue weighted by atomic mass is 10.2. The largest absolute Gasteiger partial charge is 0.340 e. The molecule has 2 aromatic heterocycles. The second-order valence-electron chi connectivity index (χ2n) is 4.57. The molecule has 2 aromatic rings. The Morgan fingerprint density at radius 2 is 2.43 bits per heavy atom. The van der Waals surface area contributed by atoms with E-state index in [-0.39, 0.29) is 11.9 Å². The molecule has 0 radical (unpaired) electrons. The van der Waals surface area contributed by atoms with Crippen molar-refractivity contribution in [1.82, 2.24) is 19.7 Å². The fourth-order valence-electron chi connectivity index (χ4n) is 1.86. The van der Waals surface area contributed by atoms with Crippen LogP contribution < -0.4 is 5.73 Å². The summed E-state index contributed by atoms with van der Waals surface area (Å²) in [5.74, 6) is 5.80. The molecule has 2 rings (SSSR count). The molecule has 0 aromatic carbocycles. The minimum atomic E-state index is -0.368. The van der Waals surface area contributed by atoms with Crippen LogP contribution in [0.25, 0.3) is 0 Å². The van der Waals surface area contributed by atoms with Crippen LogP contribution in [-0.2, 0) is 11.3 Å². The molecule has 6 nitrogen and oxygen atoms in total. The zero-order valence-corrected chi connectivity index (χ0v) is 12.8. The Morgan fingerprint density at radius 3 is 3.10 bits per heavy atom. The Hall–Kier alpha value is -2.17. The molecular weight excluding hydrogens is 286 g/mol. The second kappa shape index (κ2) is 7.02. The number of thiophene rings is 1. The van der Waals surface area contributed by atoms with Gasteiger partial charge in [0, 0.05) is 13.6 Å². The molecule has 0 aliphatic carbocycles. The molecule has 1 atom stereocenters. The van der Waals surface area contributed by atoms with Crippen LogP contribution in [0, 0.1) is 11.8 Å². The topological polar surface area (TPSA) is 77.0 Å². The number of aromatic nitrogens is 3. The summed E-state index contributed by atoms with van der Waals surface area (Å²) >= 11 is 1.55. The van der Waals surface area contributed by atoms with Gasteiger partial charge in [0.25, 0.3) is 0 Å². The number of hydrogen-bond acceptors (Lipinski definition) is 5. The third-order valence-corrected chi connectivity index (χ3v) is 3.85. The van der Waals surface area contributed by atoms with E-state index in [0.29, 0.717) is 13.1 Å². The van der Waals surface area contributed by atoms with Crippen molar-refractivity contribution >= 4 is 17.2 Å². The Morgan fingerprint density at radius 1 is 1.62 bits per heavy atom. The van der Waals surface area contributed by atoms with E-state index in [1.807, 2.05) is 11.4 Å². The van der Waals surface area contributed by atoms with E-state index in [1.165, 1.54) is 6.33 Å². The highest BCUT2D eigenvalue weighted by Gasteiger charge is 2.20. The van der Waals surface area contributed by atoms with Gasteiger partial charge in [-0.3, -0.25) is 4.79 Å². The van der Waals surface area contributed by atoms with Gasteiger partial charge in [0.05, 0.1) is 11.4 Å². The van der Waals surface area contributed by atoms with Gasteiger partial charge < -0.3 is 10.6 Å². The van der Waals surface area contributed by atoms with Gasteiger partial charge in [-0.1, -0.05) is 11.8 Å². The highest BCUT2D eigenvalue weighted by atomic mass is 32.1. The zero-order chi connectivity index (χ0) is 15.2. The number of likely N-dealkylation sites (N-methyl/N-ethyl adjacent to an activating group) is 1. The standard InChI is InChI=1S/C14H17N5OS/c1-11(19-10-16-9-17-19)14(20)18(2)7-12-6-13(21-8-12)4-3-5-15/h6,8-11H,5,7,15H2,1-2H3. The van der Waals surface area contributed by atoms with Crippen molar-refractivity contribution in [3.8, 4) is 11.8 Å². The van der Waals surface area contributed by atoms with Gasteiger partial charge in [0.1, 0.15) is 18.7 Å². The number of hydrogen-bond donors (Lipinski definition) is 1. The first-order valence-electron chi connectivity index (χ1n) is 6.47. The summed E-state index contributed by atoms with van der Waals surface area (Å²) in [4.78, 5) is 18.8. The van der Waals surface area contributed by atoms with E-state index in [4.69, 9.17) is 5.73 Å². The molecule has 1 amide bonds. The maximum absolute atomic E-state index is 12.3. The van der Waals surface area contributed by atoms with Crippen molar-refractivity contribution in [2.45, 2.75) is 19.5 Å². The SMILES string of the molecule is CC(C(=O)N(C)Cc1csc(C#CCN)c1)n1cncn1. The van der Waals surface area contributed by atoms with Gasteiger partial charge in [-0.25, -0.2) is 9.67 Å². The molecule has 2 heterocycles. The Labute approximate surface area is 127 Å². The summed E-state index contributed by atoms with van der Waals surface area (Å²) in [7, 11) is 1.78. The maximum Gasteiger partial charge on any atom is 0.247 e. The monoisotopic (exact) mass is 303 g/mol. The lowest BCUT2D eigenvalue weighted by Crippen LogP contribution is -2.32. The minimum absolute atomic E-state index is 0.0127. The lowest BCUT2D eigenvalue weighted by Gasteiger charge is -2.20. The van der Waals surface area contributed by atoms with Crippen LogP contribution >= 0.6 is 11.3 Å². The Kier molecular flexibility index (Phi) is 5.09. The van der Waals surface area contributed by atoms with Crippen molar-refractivity contribution in [3.63, 3.8) is 0 Å². The summed E-state index contributed by atoms with van der Waals surface area (Å²) in [5, 5.41) is 6.00. The molecule has 21 heavy (non-hydrogen) atoms. The van der Waals surface area contributed by atoms with E-state index in [2.05, 4.69) is 21.9 Å². The molecule has 0 saturated carbocycles. The number of nitrogens with zero attached hydrogens (tertiary/aromatic N) is 4. The Bertz CT molecular complexity index is 652. The average Bonchev–Trinajstić information content (AvgIpc) is 3.15. The van der Waals surface area contributed by atoms with Gasteiger partial charge in [0.15, 0.2) is 0 Å². The molecule has 0 aliphatic heterocycles. The van der Waals surface area contributed by atoms with Gasteiger partial charge in [0.2, 0.25) is 5.91 Å². The van der Waals surface area contributed by atoms with Gasteiger partial charge in [-0.2, -0.15) is 5.10 Å². The van der Waals surface area contributed by atoms with Crippen LogP contribution in [0.1, 0.15) is 23.4 Å². The number of carbonyl (C=O) groups excluding carboxylic acids is 1. The van der Waals surface area contributed by atoms with Crippen molar-refractivity contribution in [2.24, 2.45) is 5.73 Å². The van der Waals surface area contributed by atoms with Crippen molar-refractivity contribution in [3.05, 3.63) is 34.5 Å². The van der Waals surface area contributed by atoms with Gasteiger partial charge in [-0.15, -0.1) is 11.3 Å². The number of rotatable bonds is 4. The highest BCUT2D eigenvalue weighted by Crippen LogP contribution is 2.16. The smallest absolute Gasteiger partial charge is 0.247 e. The predicted molar refractivity (Wildman–Crippen MR) is 81.5 cm³/mol. The van der Waals surface area contributed by atoms with E-state index >= 15 is 0 Å². The molecule has 110 valence electrons. The zero-order valence-electron chi connectivity index (χ0n) is 12.0. The first-order chi connectivity index (χ1) is 10.1. The van der Waals surface area contributed by atoms with Crippen LogP contribution in [0.3, 0.4) is 0 Å². The fraction of sp³-hybridized carbons (Fsp3) is 0.357. The van der Waals surface area contributed by atoms with E-state index in [9.17, 15) is 4.79 Å². The molecule has 0 spiro atoms. The molecule has 7 heteroatoms. The molecule has 2 N–H and O–H groups in total. The third kappa shape index (κ3) is 3.90. The van der Waals surface area contributed by atoms with Crippen LogP contribution in [0.2, 0.25) is 0 Å². The highest BCUT2D eigenvalue weighted by molar-refractivity contribution is 7.10. The number of carbonyl (C=O) groups is 1. The quantitative estimate of drug-likeness (QED) is 0.850. The van der Waals surface area contributed by atoms with Gasteiger partial charge >= 0.3 is 0 Å². The van der Waals surface area contributed by atoms with Crippen molar-refractivity contribution in [1.29, 1.82) is 0 Å². The third-order valence-electron chi connectivity index (χ3n) is 2.95. The molecule has 1 unspecified atom stereocenters. The Balaban J connectivity index is 1.99. The summed E-state index contributed by atoms with van der Waals surface area (Å²) in [6.45, 7) is 2.69. The first kappa shape index (κ1) is 15.2. The second-order valence-corrected chi connectivity index (χ2v) is 5.48. The van der Waals surface area contributed by atoms with Crippen LogP contribution in [0.4, 0.5) is 0 Å². The molecule has 0 saturated heterocycles. The molecular formula is C14H17N5OS. The summed E-state index contributed by atoms with van der Waals surface area (Å²) in [5.41, 5.74) is 6.41. The molecule has 0 fully saturated rings.